The zero-order chi connectivity index (χ0) is 24.8. The Hall–Kier alpha value is -3.29. The van der Waals surface area contributed by atoms with E-state index in [2.05, 4.69) is 0 Å². The van der Waals surface area contributed by atoms with Crippen molar-refractivity contribution in [2.24, 2.45) is 0 Å². The van der Waals surface area contributed by atoms with Gasteiger partial charge >= 0.3 is 5.97 Å². The lowest BCUT2D eigenvalue weighted by atomic mass is 9.85. The van der Waals surface area contributed by atoms with Crippen molar-refractivity contribution in [3.8, 4) is 23.0 Å². The van der Waals surface area contributed by atoms with E-state index in [4.69, 9.17) is 30.5 Å². The average molecular weight is 501 g/mol. The minimum atomic E-state index is -1.43. The van der Waals surface area contributed by atoms with E-state index in [1.807, 2.05) is 18.2 Å². The minimum absolute atomic E-state index is 0.278. The van der Waals surface area contributed by atoms with Gasteiger partial charge in [0.2, 0.25) is 5.60 Å². The fraction of sp³-hybridized carbons (Fsp3) is 0.296. The standard InChI is InChI=1S/C27H26ClFO6/c1-2-27(26(30)31)25(16-18-6-3-4-7-23(18)35-27)33-15-5-14-32-24-13-12-21(17-22(24)28)34-20-10-8-19(29)9-11-20/h3-4,6-13,17,25H,2,5,14-16H2,1H3,(H,30,31). The molecular formula is C27H26ClFO6. The third-order valence-corrected chi connectivity index (χ3v) is 6.19. The van der Waals surface area contributed by atoms with E-state index in [0.29, 0.717) is 54.1 Å². The third kappa shape index (κ3) is 5.69. The first-order valence-corrected chi connectivity index (χ1v) is 11.8. The molecule has 0 aromatic heterocycles. The van der Waals surface area contributed by atoms with Gasteiger partial charge < -0.3 is 24.1 Å². The van der Waals surface area contributed by atoms with Crippen LogP contribution in [0, 0.1) is 5.82 Å². The molecule has 2 atom stereocenters. The number of carboxylic acids is 1. The second-order valence-corrected chi connectivity index (χ2v) is 8.58. The fourth-order valence-electron chi connectivity index (χ4n) is 3.99. The van der Waals surface area contributed by atoms with E-state index in [9.17, 15) is 14.3 Å². The van der Waals surface area contributed by atoms with Crippen molar-refractivity contribution in [3.63, 3.8) is 0 Å². The highest BCUT2D eigenvalue weighted by Gasteiger charge is 2.51. The van der Waals surface area contributed by atoms with E-state index in [-0.39, 0.29) is 12.2 Å². The largest absolute Gasteiger partial charge is 0.492 e. The third-order valence-electron chi connectivity index (χ3n) is 5.90. The summed E-state index contributed by atoms with van der Waals surface area (Å²) in [7, 11) is 0. The molecule has 0 bridgehead atoms. The van der Waals surface area contributed by atoms with Gasteiger partial charge in [0.05, 0.1) is 18.2 Å². The monoisotopic (exact) mass is 500 g/mol. The Kier molecular flexibility index (Phi) is 7.78. The molecule has 184 valence electrons. The van der Waals surface area contributed by atoms with Gasteiger partial charge in [-0.1, -0.05) is 36.7 Å². The number of hydrogen-bond donors (Lipinski definition) is 1. The molecule has 0 fully saturated rings. The number of carbonyl (C=O) groups is 1. The van der Waals surface area contributed by atoms with Gasteiger partial charge in [0, 0.05) is 18.9 Å². The van der Waals surface area contributed by atoms with Crippen LogP contribution in [0.3, 0.4) is 0 Å². The number of carboxylic acid groups (broad SMARTS) is 1. The van der Waals surface area contributed by atoms with Crippen LogP contribution in [0.2, 0.25) is 5.02 Å². The van der Waals surface area contributed by atoms with Crippen molar-refractivity contribution < 1.29 is 33.2 Å². The second kappa shape index (κ2) is 11.0. The molecule has 0 saturated carbocycles. The van der Waals surface area contributed by atoms with Crippen LogP contribution in [0.25, 0.3) is 0 Å². The van der Waals surface area contributed by atoms with Crippen LogP contribution in [0.4, 0.5) is 4.39 Å². The highest BCUT2D eigenvalue weighted by Crippen LogP contribution is 2.37. The molecule has 1 aliphatic heterocycles. The van der Waals surface area contributed by atoms with Crippen LogP contribution in [-0.4, -0.2) is 36.0 Å². The van der Waals surface area contributed by atoms with Gasteiger partial charge in [-0.25, -0.2) is 9.18 Å². The number of hydrogen-bond acceptors (Lipinski definition) is 5. The van der Waals surface area contributed by atoms with Crippen molar-refractivity contribution in [2.45, 2.75) is 37.9 Å². The van der Waals surface area contributed by atoms with Crippen LogP contribution in [0.5, 0.6) is 23.0 Å². The fourth-order valence-corrected chi connectivity index (χ4v) is 4.22. The SMILES string of the molecule is CCC1(C(=O)O)Oc2ccccc2CC1OCCCOc1ccc(Oc2ccc(F)cc2)cc1Cl. The molecule has 3 aromatic rings. The average Bonchev–Trinajstić information content (AvgIpc) is 2.85. The zero-order valence-electron chi connectivity index (χ0n) is 19.2. The van der Waals surface area contributed by atoms with Gasteiger partial charge in [0.1, 0.15) is 34.9 Å². The molecule has 0 aliphatic carbocycles. The van der Waals surface area contributed by atoms with Gasteiger partial charge in [-0.05, 0) is 54.4 Å². The van der Waals surface area contributed by atoms with Crippen molar-refractivity contribution >= 4 is 17.6 Å². The summed E-state index contributed by atoms with van der Waals surface area (Å²) in [5, 5.41) is 10.3. The lowest BCUT2D eigenvalue weighted by molar-refractivity contribution is -0.175. The predicted octanol–water partition coefficient (Wildman–Crippen LogP) is 6.29. The van der Waals surface area contributed by atoms with E-state index >= 15 is 0 Å². The number of fused-ring (bicyclic) bond motifs is 1. The zero-order valence-corrected chi connectivity index (χ0v) is 20.0. The summed E-state index contributed by atoms with van der Waals surface area (Å²) in [4.78, 5) is 12.1. The van der Waals surface area contributed by atoms with E-state index < -0.39 is 17.7 Å². The molecule has 0 spiro atoms. The molecule has 35 heavy (non-hydrogen) atoms. The Balaban J connectivity index is 1.30. The highest BCUT2D eigenvalue weighted by molar-refractivity contribution is 6.32. The number of aliphatic carboxylic acids is 1. The maximum atomic E-state index is 13.0. The molecule has 0 saturated heterocycles. The molecule has 0 radical (unpaired) electrons. The summed E-state index contributed by atoms with van der Waals surface area (Å²) in [6.07, 6.45) is 0.645. The Morgan fingerprint density at radius 2 is 1.86 bits per heavy atom. The highest BCUT2D eigenvalue weighted by atomic mass is 35.5. The van der Waals surface area contributed by atoms with Crippen molar-refractivity contribution in [2.75, 3.05) is 13.2 Å². The Labute approximate surface area is 208 Å². The smallest absolute Gasteiger partial charge is 0.350 e. The number of benzene rings is 3. The number of para-hydroxylation sites is 1. The number of ether oxygens (including phenoxy) is 4. The molecule has 0 amide bonds. The molecule has 1 aliphatic rings. The quantitative estimate of drug-likeness (QED) is 0.329. The first-order chi connectivity index (χ1) is 16.9. The molecule has 1 N–H and O–H groups in total. The number of halogens is 2. The van der Waals surface area contributed by atoms with Gasteiger partial charge in [-0.15, -0.1) is 0 Å². The molecule has 2 unspecified atom stereocenters. The molecule has 8 heteroatoms. The summed E-state index contributed by atoms with van der Waals surface area (Å²) in [5.74, 6) is 0.687. The van der Waals surface area contributed by atoms with E-state index in [0.717, 1.165) is 5.56 Å². The first kappa shape index (κ1) is 24.8. The van der Waals surface area contributed by atoms with Crippen LogP contribution in [-0.2, 0) is 16.0 Å². The summed E-state index contributed by atoms with van der Waals surface area (Å²) >= 11 is 6.32. The first-order valence-electron chi connectivity index (χ1n) is 11.4. The maximum absolute atomic E-state index is 13.0. The second-order valence-electron chi connectivity index (χ2n) is 8.17. The van der Waals surface area contributed by atoms with Crippen LogP contribution < -0.4 is 14.2 Å². The lowest BCUT2D eigenvalue weighted by Crippen LogP contribution is -2.58. The minimum Gasteiger partial charge on any atom is -0.492 e. The van der Waals surface area contributed by atoms with Crippen molar-refractivity contribution in [1.29, 1.82) is 0 Å². The summed E-state index contributed by atoms with van der Waals surface area (Å²) in [6, 6.07) is 18.1. The van der Waals surface area contributed by atoms with Gasteiger partial charge in [0.25, 0.3) is 0 Å². The molecule has 3 aromatic carbocycles. The van der Waals surface area contributed by atoms with Gasteiger partial charge in [-0.3, -0.25) is 0 Å². The normalized spacial score (nSPS) is 18.9. The maximum Gasteiger partial charge on any atom is 0.350 e. The van der Waals surface area contributed by atoms with Gasteiger partial charge in [-0.2, -0.15) is 0 Å². The molecule has 4 rings (SSSR count). The molecule has 1 heterocycles. The van der Waals surface area contributed by atoms with Crippen LogP contribution in [0.15, 0.2) is 66.7 Å². The summed E-state index contributed by atoms with van der Waals surface area (Å²) < 4.78 is 36.4. The Morgan fingerprint density at radius 3 is 2.57 bits per heavy atom. The van der Waals surface area contributed by atoms with Crippen molar-refractivity contribution in [1.82, 2.24) is 0 Å². The Morgan fingerprint density at radius 1 is 1.11 bits per heavy atom. The van der Waals surface area contributed by atoms with E-state index in [1.165, 1.54) is 24.3 Å². The summed E-state index contributed by atoms with van der Waals surface area (Å²) in [6.45, 7) is 2.41. The lowest BCUT2D eigenvalue weighted by Gasteiger charge is -2.40. The topological polar surface area (TPSA) is 74.2 Å². The Bertz CT molecular complexity index is 1170. The van der Waals surface area contributed by atoms with Crippen LogP contribution in [0.1, 0.15) is 25.3 Å². The van der Waals surface area contributed by atoms with Crippen molar-refractivity contribution in [3.05, 3.63) is 83.1 Å². The summed E-state index contributed by atoms with van der Waals surface area (Å²) in [5.41, 5.74) is -0.507. The number of rotatable bonds is 10. The van der Waals surface area contributed by atoms with Gasteiger partial charge in [0.15, 0.2) is 0 Å². The molecule has 6 nitrogen and oxygen atoms in total. The van der Waals surface area contributed by atoms with E-state index in [1.54, 1.807) is 31.2 Å². The molecular weight excluding hydrogens is 475 g/mol. The van der Waals surface area contributed by atoms with Crippen LogP contribution >= 0.6 is 11.6 Å². The predicted molar refractivity (Wildman–Crippen MR) is 129 cm³/mol.